The second kappa shape index (κ2) is 7.15. The van der Waals surface area contributed by atoms with E-state index in [0.29, 0.717) is 16.5 Å². The first-order valence-corrected chi connectivity index (χ1v) is 7.42. The van der Waals surface area contributed by atoms with E-state index in [-0.39, 0.29) is 5.69 Å². The summed E-state index contributed by atoms with van der Waals surface area (Å²) in [5, 5.41) is 12.0. The van der Waals surface area contributed by atoms with Crippen LogP contribution in [0.3, 0.4) is 0 Å². The molecule has 0 radical (unpaired) electrons. The van der Waals surface area contributed by atoms with Crippen molar-refractivity contribution >= 4 is 23.2 Å². The molecule has 1 amide bonds. The summed E-state index contributed by atoms with van der Waals surface area (Å²) in [5.41, 5.74) is 1.08. The first-order chi connectivity index (χ1) is 10.5. The average Bonchev–Trinajstić information content (AvgIpc) is 2.92. The third-order valence-corrected chi connectivity index (χ3v) is 3.99. The summed E-state index contributed by atoms with van der Waals surface area (Å²) >= 11 is 1.36. The van der Waals surface area contributed by atoms with Gasteiger partial charge in [0.05, 0.1) is 11.5 Å². The Morgan fingerprint density at radius 1 is 1.36 bits per heavy atom. The highest BCUT2D eigenvalue weighted by Gasteiger charge is 2.22. The molecule has 7 heteroatoms. The van der Waals surface area contributed by atoms with Gasteiger partial charge in [0.1, 0.15) is 16.7 Å². The Morgan fingerprint density at radius 3 is 2.64 bits per heavy atom. The highest BCUT2D eigenvalue weighted by atomic mass is 32.1. The Morgan fingerprint density at radius 2 is 2.05 bits per heavy atom. The fraction of sp³-hybridized carbons (Fsp3) is 0.267. The lowest BCUT2D eigenvalue weighted by Crippen LogP contribution is -2.38. The third kappa shape index (κ3) is 3.69. The number of benzene rings is 1. The summed E-state index contributed by atoms with van der Waals surface area (Å²) in [4.78, 5) is 28.2. The molecular weight excluding hydrogens is 304 g/mol. The van der Waals surface area contributed by atoms with Crippen LogP contribution in [0, 0.1) is 0 Å². The first-order valence-electron chi connectivity index (χ1n) is 6.60. The van der Waals surface area contributed by atoms with Crippen molar-refractivity contribution in [2.24, 2.45) is 0 Å². The minimum absolute atomic E-state index is 0.219. The van der Waals surface area contributed by atoms with Crippen LogP contribution in [0.25, 0.3) is 10.4 Å². The topological polar surface area (TPSA) is 88.5 Å². The highest BCUT2D eigenvalue weighted by Crippen LogP contribution is 2.30. The Labute approximate surface area is 131 Å². The molecule has 1 heterocycles. The molecule has 0 saturated heterocycles. The van der Waals surface area contributed by atoms with E-state index < -0.39 is 17.9 Å². The van der Waals surface area contributed by atoms with Gasteiger partial charge in [-0.2, -0.15) is 0 Å². The Balaban J connectivity index is 2.36. The Hall–Kier alpha value is -2.25. The van der Waals surface area contributed by atoms with Crippen molar-refractivity contribution in [1.82, 2.24) is 10.3 Å². The molecule has 22 heavy (non-hydrogen) atoms. The molecule has 0 aliphatic carbocycles. The number of carbonyl (C=O) groups excluding carboxylic acids is 1. The van der Waals surface area contributed by atoms with E-state index in [1.807, 2.05) is 30.3 Å². The number of aromatic nitrogens is 1. The zero-order valence-electron chi connectivity index (χ0n) is 12.2. The van der Waals surface area contributed by atoms with Crippen molar-refractivity contribution < 1.29 is 19.4 Å². The summed E-state index contributed by atoms with van der Waals surface area (Å²) in [7, 11) is 1.55. The molecule has 0 spiro atoms. The van der Waals surface area contributed by atoms with Crippen LogP contribution in [-0.4, -0.2) is 35.1 Å². The van der Waals surface area contributed by atoms with Crippen LogP contribution in [0.15, 0.2) is 30.3 Å². The van der Waals surface area contributed by atoms with Crippen molar-refractivity contribution in [3.63, 3.8) is 0 Å². The lowest BCUT2D eigenvalue weighted by Gasteiger charge is -2.08. The van der Waals surface area contributed by atoms with E-state index in [1.54, 1.807) is 7.11 Å². The van der Waals surface area contributed by atoms with Crippen molar-refractivity contribution in [3.8, 4) is 10.4 Å². The molecule has 2 rings (SSSR count). The van der Waals surface area contributed by atoms with Crippen LogP contribution < -0.4 is 5.32 Å². The molecule has 0 bridgehead atoms. The molecule has 0 fully saturated rings. The summed E-state index contributed by atoms with van der Waals surface area (Å²) in [5.74, 6) is -1.60. The SMILES string of the molecule is COCc1nc(C(=O)N[C@@H](C)C(=O)O)c(-c2ccccc2)s1. The maximum atomic E-state index is 12.3. The number of hydrogen-bond acceptors (Lipinski definition) is 5. The normalized spacial score (nSPS) is 11.9. The minimum atomic E-state index is -1.10. The monoisotopic (exact) mass is 320 g/mol. The number of carbonyl (C=O) groups is 2. The van der Waals surface area contributed by atoms with Gasteiger partial charge < -0.3 is 15.2 Å². The van der Waals surface area contributed by atoms with Crippen molar-refractivity contribution in [1.29, 1.82) is 0 Å². The van der Waals surface area contributed by atoms with E-state index in [2.05, 4.69) is 10.3 Å². The van der Waals surface area contributed by atoms with E-state index in [1.165, 1.54) is 18.3 Å². The number of carboxylic acids is 1. The van der Waals surface area contributed by atoms with Crippen LogP contribution in [0.1, 0.15) is 22.4 Å². The number of carboxylic acid groups (broad SMARTS) is 1. The number of nitrogens with zero attached hydrogens (tertiary/aromatic N) is 1. The third-order valence-electron chi connectivity index (χ3n) is 2.91. The van der Waals surface area contributed by atoms with Gasteiger partial charge >= 0.3 is 5.97 Å². The van der Waals surface area contributed by atoms with Gasteiger partial charge in [0.2, 0.25) is 0 Å². The Kier molecular flexibility index (Phi) is 5.24. The molecule has 116 valence electrons. The summed E-state index contributed by atoms with van der Waals surface area (Å²) in [6.07, 6.45) is 0. The standard InChI is InChI=1S/C15H16N2O4S/c1-9(15(19)20)16-14(18)12-13(10-6-4-3-5-7-10)22-11(17-12)8-21-2/h3-7,9H,8H2,1-2H3,(H,16,18)(H,19,20)/t9-/m0/s1. The second-order valence-corrected chi connectivity index (χ2v) is 5.70. The van der Waals surface area contributed by atoms with Crippen molar-refractivity contribution in [2.75, 3.05) is 7.11 Å². The van der Waals surface area contributed by atoms with Crippen LogP contribution in [0.4, 0.5) is 0 Å². The fourth-order valence-electron chi connectivity index (χ4n) is 1.82. The van der Waals surface area contributed by atoms with E-state index in [9.17, 15) is 9.59 Å². The van der Waals surface area contributed by atoms with E-state index in [4.69, 9.17) is 9.84 Å². The van der Waals surface area contributed by atoms with E-state index in [0.717, 1.165) is 5.56 Å². The second-order valence-electron chi connectivity index (χ2n) is 4.62. The lowest BCUT2D eigenvalue weighted by molar-refractivity contribution is -0.138. The predicted octanol–water partition coefficient (Wildman–Crippen LogP) is 2.16. The minimum Gasteiger partial charge on any atom is -0.480 e. The maximum Gasteiger partial charge on any atom is 0.325 e. The van der Waals surface area contributed by atoms with Crippen LogP contribution in [0.2, 0.25) is 0 Å². The number of thiazole rings is 1. The molecule has 0 unspecified atom stereocenters. The Bertz CT molecular complexity index is 669. The van der Waals surface area contributed by atoms with Crippen LogP contribution in [-0.2, 0) is 16.1 Å². The number of methoxy groups -OCH3 is 1. The van der Waals surface area contributed by atoms with Gasteiger partial charge in [-0.3, -0.25) is 9.59 Å². The van der Waals surface area contributed by atoms with Gasteiger partial charge in [-0.25, -0.2) is 4.98 Å². The van der Waals surface area contributed by atoms with Crippen LogP contribution >= 0.6 is 11.3 Å². The van der Waals surface area contributed by atoms with E-state index >= 15 is 0 Å². The largest absolute Gasteiger partial charge is 0.480 e. The number of rotatable bonds is 6. The number of aliphatic carboxylic acids is 1. The van der Waals surface area contributed by atoms with Gasteiger partial charge in [0, 0.05) is 7.11 Å². The van der Waals surface area contributed by atoms with Crippen molar-refractivity contribution in [2.45, 2.75) is 19.6 Å². The van der Waals surface area contributed by atoms with Gasteiger partial charge in [-0.15, -0.1) is 11.3 Å². The number of ether oxygens (including phenoxy) is 1. The molecule has 6 nitrogen and oxygen atoms in total. The van der Waals surface area contributed by atoms with Gasteiger partial charge in [-0.05, 0) is 12.5 Å². The first kappa shape index (κ1) is 16.1. The fourth-order valence-corrected chi connectivity index (χ4v) is 2.85. The van der Waals surface area contributed by atoms with Gasteiger partial charge in [0.25, 0.3) is 5.91 Å². The van der Waals surface area contributed by atoms with Crippen LogP contribution in [0.5, 0.6) is 0 Å². The summed E-state index contributed by atoms with van der Waals surface area (Å²) in [6.45, 7) is 1.71. The maximum absolute atomic E-state index is 12.3. The van der Waals surface area contributed by atoms with Gasteiger partial charge in [0.15, 0.2) is 0 Å². The molecule has 1 aromatic heterocycles. The molecule has 1 atom stereocenters. The predicted molar refractivity (Wildman–Crippen MR) is 82.8 cm³/mol. The zero-order valence-corrected chi connectivity index (χ0v) is 13.0. The number of amides is 1. The number of nitrogens with one attached hydrogen (secondary N) is 1. The molecule has 2 N–H and O–H groups in total. The molecule has 0 aliphatic rings. The molecule has 1 aromatic carbocycles. The zero-order chi connectivity index (χ0) is 16.1. The number of hydrogen-bond donors (Lipinski definition) is 2. The lowest BCUT2D eigenvalue weighted by atomic mass is 10.1. The quantitative estimate of drug-likeness (QED) is 0.851. The smallest absolute Gasteiger partial charge is 0.325 e. The average molecular weight is 320 g/mol. The molecule has 2 aromatic rings. The van der Waals surface area contributed by atoms with Gasteiger partial charge in [-0.1, -0.05) is 30.3 Å². The summed E-state index contributed by atoms with van der Waals surface area (Å²) < 4.78 is 5.05. The molecule has 0 saturated carbocycles. The molecular formula is C15H16N2O4S. The summed E-state index contributed by atoms with van der Waals surface area (Å²) in [6, 6.07) is 8.39. The van der Waals surface area contributed by atoms with Crippen molar-refractivity contribution in [3.05, 3.63) is 41.0 Å². The highest BCUT2D eigenvalue weighted by molar-refractivity contribution is 7.15. The molecule has 0 aliphatic heterocycles.